The predicted octanol–water partition coefficient (Wildman–Crippen LogP) is 2.44. The van der Waals surface area contributed by atoms with Gasteiger partial charge in [-0.05, 0) is 26.0 Å². The molecule has 1 N–H and O–H groups in total. The molecule has 0 aliphatic rings. The predicted molar refractivity (Wildman–Crippen MR) is 79.4 cm³/mol. The van der Waals surface area contributed by atoms with E-state index in [1.807, 2.05) is 31.4 Å². The van der Waals surface area contributed by atoms with E-state index in [1.165, 1.54) is 17.6 Å². The number of hydrogen-bond donors (Lipinski definition) is 1. The van der Waals surface area contributed by atoms with Crippen LogP contribution in [0, 0.1) is 6.92 Å². The SMILES string of the molecule is Cc1ccc([C@@H](C)NCc2csc(CS(C)(=O)=O)n2)o1. The molecular formula is C13H18N2O3S2. The third-order valence-electron chi connectivity index (χ3n) is 2.76. The lowest BCUT2D eigenvalue weighted by Gasteiger charge is -2.09. The van der Waals surface area contributed by atoms with Crippen molar-refractivity contribution >= 4 is 21.2 Å². The van der Waals surface area contributed by atoms with Gasteiger partial charge in [0.05, 0.1) is 11.7 Å². The van der Waals surface area contributed by atoms with Gasteiger partial charge in [0.1, 0.15) is 22.3 Å². The topological polar surface area (TPSA) is 72.2 Å². The molecule has 0 aromatic carbocycles. The summed E-state index contributed by atoms with van der Waals surface area (Å²) in [6, 6.07) is 3.97. The van der Waals surface area contributed by atoms with Gasteiger partial charge in [-0.1, -0.05) is 0 Å². The quantitative estimate of drug-likeness (QED) is 0.886. The number of hydrogen-bond acceptors (Lipinski definition) is 6. The maximum atomic E-state index is 11.2. The number of aryl methyl sites for hydroxylation is 1. The summed E-state index contributed by atoms with van der Waals surface area (Å²) < 4.78 is 27.9. The average Bonchev–Trinajstić information content (AvgIpc) is 2.93. The molecule has 0 saturated carbocycles. The van der Waals surface area contributed by atoms with Gasteiger partial charge in [0.2, 0.25) is 0 Å². The molecule has 0 aliphatic heterocycles. The number of aromatic nitrogens is 1. The van der Waals surface area contributed by atoms with Crippen molar-refractivity contribution in [1.82, 2.24) is 10.3 Å². The second kappa shape index (κ2) is 6.07. The van der Waals surface area contributed by atoms with Crippen molar-refractivity contribution in [1.29, 1.82) is 0 Å². The summed E-state index contributed by atoms with van der Waals surface area (Å²) in [6.45, 7) is 4.51. The molecule has 2 rings (SSSR count). The van der Waals surface area contributed by atoms with Crippen LogP contribution in [0.5, 0.6) is 0 Å². The van der Waals surface area contributed by atoms with Gasteiger partial charge in [-0.3, -0.25) is 0 Å². The number of rotatable bonds is 6. The second-order valence-electron chi connectivity index (χ2n) is 4.85. The van der Waals surface area contributed by atoms with Crippen LogP contribution in [0.25, 0.3) is 0 Å². The van der Waals surface area contributed by atoms with E-state index in [2.05, 4.69) is 10.3 Å². The minimum atomic E-state index is -3.02. The van der Waals surface area contributed by atoms with Crippen molar-refractivity contribution in [2.24, 2.45) is 0 Å². The molecule has 2 aromatic heterocycles. The largest absolute Gasteiger partial charge is 0.465 e. The van der Waals surface area contributed by atoms with Crippen molar-refractivity contribution in [3.05, 3.63) is 39.7 Å². The molecule has 5 nitrogen and oxygen atoms in total. The molecule has 0 unspecified atom stereocenters. The number of furan rings is 1. The first-order chi connectivity index (χ1) is 9.33. The van der Waals surface area contributed by atoms with Gasteiger partial charge in [-0.2, -0.15) is 0 Å². The first-order valence-corrected chi connectivity index (χ1v) is 9.18. The summed E-state index contributed by atoms with van der Waals surface area (Å²) in [7, 11) is -3.02. The third-order valence-corrected chi connectivity index (χ3v) is 4.64. The van der Waals surface area contributed by atoms with Crippen LogP contribution in [0.15, 0.2) is 21.9 Å². The van der Waals surface area contributed by atoms with E-state index in [-0.39, 0.29) is 11.8 Å². The average molecular weight is 314 g/mol. The molecule has 2 aromatic rings. The lowest BCUT2D eigenvalue weighted by molar-refractivity contribution is 0.415. The van der Waals surface area contributed by atoms with Crippen LogP contribution >= 0.6 is 11.3 Å². The lowest BCUT2D eigenvalue weighted by Crippen LogP contribution is -2.17. The van der Waals surface area contributed by atoms with E-state index in [9.17, 15) is 8.42 Å². The van der Waals surface area contributed by atoms with Crippen molar-refractivity contribution in [3.8, 4) is 0 Å². The summed E-state index contributed by atoms with van der Waals surface area (Å²) in [5.41, 5.74) is 0.851. The fraction of sp³-hybridized carbons (Fsp3) is 0.462. The zero-order chi connectivity index (χ0) is 14.8. The fourth-order valence-corrected chi connectivity index (χ4v) is 3.77. The van der Waals surface area contributed by atoms with Gasteiger partial charge in [0.15, 0.2) is 9.84 Å². The molecule has 0 bridgehead atoms. The molecule has 7 heteroatoms. The Morgan fingerprint density at radius 1 is 1.45 bits per heavy atom. The zero-order valence-electron chi connectivity index (χ0n) is 11.7. The monoisotopic (exact) mass is 314 g/mol. The summed E-state index contributed by atoms with van der Waals surface area (Å²) >= 11 is 1.37. The molecule has 110 valence electrons. The summed E-state index contributed by atoms with van der Waals surface area (Å²) in [4.78, 5) is 4.31. The van der Waals surface area contributed by atoms with E-state index in [0.29, 0.717) is 11.6 Å². The first-order valence-electron chi connectivity index (χ1n) is 6.24. The molecule has 0 aliphatic carbocycles. The third kappa shape index (κ3) is 4.43. The molecule has 20 heavy (non-hydrogen) atoms. The molecule has 0 saturated heterocycles. The van der Waals surface area contributed by atoms with Crippen molar-refractivity contribution in [3.63, 3.8) is 0 Å². The van der Waals surface area contributed by atoms with Crippen LogP contribution in [-0.2, 0) is 22.1 Å². The lowest BCUT2D eigenvalue weighted by atomic mass is 10.2. The van der Waals surface area contributed by atoms with Crippen molar-refractivity contribution in [2.45, 2.75) is 32.2 Å². The summed E-state index contributed by atoms with van der Waals surface area (Å²) in [5.74, 6) is 1.77. The molecular weight excluding hydrogens is 296 g/mol. The van der Waals surface area contributed by atoms with E-state index < -0.39 is 9.84 Å². The van der Waals surface area contributed by atoms with Gasteiger partial charge in [-0.25, -0.2) is 13.4 Å². The standard InChI is InChI=1S/C13H18N2O3S2/c1-9-4-5-12(18-9)10(2)14-6-11-7-19-13(15-11)8-20(3,16)17/h4-5,7,10,14H,6,8H2,1-3H3/t10-/m1/s1. The van der Waals surface area contributed by atoms with Gasteiger partial charge in [-0.15, -0.1) is 11.3 Å². The number of nitrogens with one attached hydrogen (secondary N) is 1. The van der Waals surface area contributed by atoms with Gasteiger partial charge in [0.25, 0.3) is 0 Å². The van der Waals surface area contributed by atoms with Crippen LogP contribution < -0.4 is 5.32 Å². The maximum absolute atomic E-state index is 11.2. The van der Waals surface area contributed by atoms with Crippen molar-refractivity contribution in [2.75, 3.05) is 6.26 Å². The van der Waals surface area contributed by atoms with Crippen LogP contribution in [-0.4, -0.2) is 19.7 Å². The highest BCUT2D eigenvalue weighted by molar-refractivity contribution is 7.90. The molecule has 2 heterocycles. The summed E-state index contributed by atoms with van der Waals surface area (Å²) in [5, 5.41) is 5.82. The molecule has 0 amide bonds. The number of thiazole rings is 1. The number of sulfone groups is 1. The Labute approximate surface area is 123 Å². The van der Waals surface area contributed by atoms with Gasteiger partial charge >= 0.3 is 0 Å². The first kappa shape index (κ1) is 15.2. The Morgan fingerprint density at radius 3 is 2.80 bits per heavy atom. The highest BCUT2D eigenvalue weighted by Crippen LogP contribution is 2.17. The van der Waals surface area contributed by atoms with Gasteiger partial charge in [0, 0.05) is 18.2 Å². The van der Waals surface area contributed by atoms with Crippen LogP contribution in [0.3, 0.4) is 0 Å². The molecule has 0 spiro atoms. The molecule has 0 fully saturated rings. The molecule has 0 radical (unpaired) electrons. The Kier molecular flexibility index (Phi) is 4.62. The van der Waals surface area contributed by atoms with Crippen LogP contribution in [0.2, 0.25) is 0 Å². The molecule has 1 atom stereocenters. The minimum Gasteiger partial charge on any atom is -0.465 e. The van der Waals surface area contributed by atoms with Crippen LogP contribution in [0.4, 0.5) is 0 Å². The Balaban J connectivity index is 1.91. The normalized spacial score (nSPS) is 13.6. The van der Waals surface area contributed by atoms with E-state index in [1.54, 1.807) is 0 Å². The van der Waals surface area contributed by atoms with E-state index in [4.69, 9.17) is 4.42 Å². The second-order valence-corrected chi connectivity index (χ2v) is 7.94. The number of nitrogens with zero attached hydrogens (tertiary/aromatic N) is 1. The Hall–Kier alpha value is -1.18. The van der Waals surface area contributed by atoms with Crippen LogP contribution in [0.1, 0.15) is 35.2 Å². The highest BCUT2D eigenvalue weighted by Gasteiger charge is 2.12. The van der Waals surface area contributed by atoms with E-state index >= 15 is 0 Å². The summed E-state index contributed by atoms with van der Waals surface area (Å²) in [6.07, 6.45) is 1.22. The Morgan fingerprint density at radius 2 is 2.20 bits per heavy atom. The maximum Gasteiger partial charge on any atom is 0.153 e. The van der Waals surface area contributed by atoms with E-state index in [0.717, 1.165) is 17.2 Å². The highest BCUT2D eigenvalue weighted by atomic mass is 32.2. The zero-order valence-corrected chi connectivity index (χ0v) is 13.3. The minimum absolute atomic E-state index is 0.00456. The fourth-order valence-electron chi connectivity index (χ4n) is 1.77. The van der Waals surface area contributed by atoms with Crippen molar-refractivity contribution < 1.29 is 12.8 Å². The Bertz CT molecular complexity index is 673. The smallest absolute Gasteiger partial charge is 0.153 e. The van der Waals surface area contributed by atoms with Gasteiger partial charge < -0.3 is 9.73 Å².